The molecule has 6 heteroatoms. The van der Waals surface area contributed by atoms with Gasteiger partial charge in [0.1, 0.15) is 11.6 Å². The van der Waals surface area contributed by atoms with Crippen LogP contribution >= 0.6 is 11.6 Å². The van der Waals surface area contributed by atoms with E-state index in [4.69, 9.17) is 16.3 Å². The molecule has 1 heterocycles. The standard InChI is InChI=1S/C12H13ClF2N2O/c1-18-8-2-3-10-9(6-8)16-12(4-5-13)17(10)7-11(14)15/h2-3,6,11H,4-5,7H2,1H3. The summed E-state index contributed by atoms with van der Waals surface area (Å²) in [6.45, 7) is -0.366. The third kappa shape index (κ3) is 2.56. The number of hydrogen-bond donors (Lipinski definition) is 0. The van der Waals surface area contributed by atoms with Crippen molar-refractivity contribution in [3.8, 4) is 5.75 Å². The second-order valence-corrected chi connectivity index (χ2v) is 4.20. The topological polar surface area (TPSA) is 27.1 Å². The number of aryl methyl sites for hydroxylation is 1. The molecule has 2 rings (SSSR count). The number of hydrogen-bond acceptors (Lipinski definition) is 2. The summed E-state index contributed by atoms with van der Waals surface area (Å²) in [5, 5.41) is 0. The quantitative estimate of drug-likeness (QED) is 0.784. The number of rotatable bonds is 5. The van der Waals surface area contributed by atoms with Crippen molar-refractivity contribution in [2.45, 2.75) is 19.4 Å². The number of nitrogens with zero attached hydrogens (tertiary/aromatic N) is 2. The Kier molecular flexibility index (Phi) is 4.01. The summed E-state index contributed by atoms with van der Waals surface area (Å²) in [5.74, 6) is 1.58. The first-order valence-corrected chi connectivity index (χ1v) is 6.06. The van der Waals surface area contributed by atoms with Gasteiger partial charge in [-0.1, -0.05) is 0 Å². The Labute approximate surface area is 108 Å². The third-order valence-corrected chi connectivity index (χ3v) is 2.86. The van der Waals surface area contributed by atoms with Gasteiger partial charge < -0.3 is 9.30 Å². The number of alkyl halides is 3. The van der Waals surface area contributed by atoms with Gasteiger partial charge >= 0.3 is 0 Å². The highest BCUT2D eigenvalue weighted by molar-refractivity contribution is 6.17. The van der Waals surface area contributed by atoms with Crippen molar-refractivity contribution in [1.29, 1.82) is 0 Å². The van der Waals surface area contributed by atoms with E-state index in [1.165, 1.54) is 4.57 Å². The van der Waals surface area contributed by atoms with Crippen molar-refractivity contribution in [1.82, 2.24) is 9.55 Å². The average Bonchev–Trinajstić information content (AvgIpc) is 2.66. The predicted octanol–water partition coefficient (Wildman–Crippen LogP) is 3.09. The Morgan fingerprint density at radius 3 is 2.83 bits per heavy atom. The van der Waals surface area contributed by atoms with Crippen molar-refractivity contribution in [3.05, 3.63) is 24.0 Å². The molecule has 0 radical (unpaired) electrons. The number of benzene rings is 1. The van der Waals surface area contributed by atoms with Crippen LogP contribution in [-0.2, 0) is 13.0 Å². The molecule has 0 atom stereocenters. The fourth-order valence-electron chi connectivity index (χ4n) is 1.90. The molecule has 98 valence electrons. The Morgan fingerprint density at radius 1 is 1.44 bits per heavy atom. The summed E-state index contributed by atoms with van der Waals surface area (Å²) in [4.78, 5) is 4.33. The Morgan fingerprint density at radius 2 is 2.22 bits per heavy atom. The average molecular weight is 275 g/mol. The van der Waals surface area contributed by atoms with E-state index in [2.05, 4.69) is 4.98 Å². The van der Waals surface area contributed by atoms with E-state index in [1.54, 1.807) is 25.3 Å². The number of halogens is 3. The van der Waals surface area contributed by atoms with Gasteiger partial charge in [-0.15, -0.1) is 11.6 Å². The van der Waals surface area contributed by atoms with Crippen LogP contribution in [0.5, 0.6) is 5.75 Å². The van der Waals surface area contributed by atoms with Crippen molar-refractivity contribution < 1.29 is 13.5 Å². The fraction of sp³-hybridized carbons (Fsp3) is 0.417. The Bertz CT molecular complexity index is 542. The molecule has 0 aliphatic carbocycles. The van der Waals surface area contributed by atoms with E-state index in [0.29, 0.717) is 34.9 Å². The highest BCUT2D eigenvalue weighted by Crippen LogP contribution is 2.23. The van der Waals surface area contributed by atoms with E-state index in [0.717, 1.165) is 0 Å². The van der Waals surface area contributed by atoms with Gasteiger partial charge in [0.25, 0.3) is 6.43 Å². The largest absolute Gasteiger partial charge is 0.497 e. The van der Waals surface area contributed by atoms with Gasteiger partial charge in [-0.3, -0.25) is 0 Å². The molecule has 0 saturated heterocycles. The molecule has 3 nitrogen and oxygen atoms in total. The molecule has 0 bridgehead atoms. The minimum atomic E-state index is -2.42. The van der Waals surface area contributed by atoms with Crippen LogP contribution in [0, 0.1) is 0 Å². The normalized spacial score (nSPS) is 11.4. The first kappa shape index (κ1) is 13.1. The van der Waals surface area contributed by atoms with Crippen LogP contribution < -0.4 is 4.74 Å². The van der Waals surface area contributed by atoms with Crippen molar-refractivity contribution in [2.24, 2.45) is 0 Å². The molecule has 1 aromatic carbocycles. The maximum Gasteiger partial charge on any atom is 0.256 e. The van der Waals surface area contributed by atoms with Crippen LogP contribution in [0.4, 0.5) is 8.78 Å². The number of ether oxygens (including phenoxy) is 1. The zero-order chi connectivity index (χ0) is 13.1. The molecule has 0 saturated carbocycles. The SMILES string of the molecule is COc1ccc2c(c1)nc(CCCl)n2CC(F)F. The first-order chi connectivity index (χ1) is 8.65. The van der Waals surface area contributed by atoms with Crippen LogP contribution in [0.25, 0.3) is 11.0 Å². The maximum absolute atomic E-state index is 12.6. The van der Waals surface area contributed by atoms with Crippen molar-refractivity contribution in [2.75, 3.05) is 13.0 Å². The van der Waals surface area contributed by atoms with E-state index in [1.807, 2.05) is 0 Å². The Balaban J connectivity index is 2.52. The second kappa shape index (κ2) is 5.52. The number of aromatic nitrogens is 2. The Hall–Kier alpha value is -1.36. The van der Waals surface area contributed by atoms with Crippen LogP contribution in [0.3, 0.4) is 0 Å². The lowest BCUT2D eigenvalue weighted by Crippen LogP contribution is -2.10. The summed E-state index contributed by atoms with van der Waals surface area (Å²) in [6.07, 6.45) is -1.95. The van der Waals surface area contributed by atoms with Gasteiger partial charge in [0.2, 0.25) is 0 Å². The lowest BCUT2D eigenvalue weighted by molar-refractivity contribution is 0.127. The molecular weight excluding hydrogens is 262 g/mol. The zero-order valence-corrected chi connectivity index (χ0v) is 10.6. The van der Waals surface area contributed by atoms with Crippen LogP contribution in [0.1, 0.15) is 5.82 Å². The maximum atomic E-state index is 12.6. The third-order valence-electron chi connectivity index (χ3n) is 2.67. The summed E-state index contributed by atoms with van der Waals surface area (Å²) in [6, 6.07) is 5.20. The van der Waals surface area contributed by atoms with Gasteiger partial charge in [-0.05, 0) is 12.1 Å². The van der Waals surface area contributed by atoms with Gasteiger partial charge in [0.05, 0.1) is 24.7 Å². The highest BCUT2D eigenvalue weighted by Gasteiger charge is 2.14. The van der Waals surface area contributed by atoms with E-state index in [-0.39, 0.29) is 6.54 Å². The molecule has 0 spiro atoms. The highest BCUT2D eigenvalue weighted by atomic mass is 35.5. The molecule has 18 heavy (non-hydrogen) atoms. The number of imidazole rings is 1. The number of methoxy groups -OCH3 is 1. The fourth-order valence-corrected chi connectivity index (χ4v) is 2.07. The van der Waals surface area contributed by atoms with Crippen molar-refractivity contribution in [3.63, 3.8) is 0 Å². The van der Waals surface area contributed by atoms with Crippen molar-refractivity contribution >= 4 is 22.6 Å². The number of fused-ring (bicyclic) bond motifs is 1. The van der Waals surface area contributed by atoms with Crippen LogP contribution in [0.15, 0.2) is 18.2 Å². The molecule has 0 unspecified atom stereocenters. The van der Waals surface area contributed by atoms with Gasteiger partial charge in [-0.2, -0.15) is 0 Å². The molecule has 1 aromatic heterocycles. The zero-order valence-electron chi connectivity index (χ0n) is 9.87. The minimum absolute atomic E-state index is 0.351. The van der Waals surface area contributed by atoms with E-state index < -0.39 is 6.43 Å². The monoisotopic (exact) mass is 274 g/mol. The summed E-state index contributed by atoms with van der Waals surface area (Å²) >= 11 is 5.67. The summed E-state index contributed by atoms with van der Waals surface area (Å²) in [7, 11) is 1.55. The van der Waals surface area contributed by atoms with Gasteiger partial charge in [-0.25, -0.2) is 13.8 Å². The lowest BCUT2D eigenvalue weighted by Gasteiger charge is -2.07. The van der Waals surface area contributed by atoms with E-state index in [9.17, 15) is 8.78 Å². The molecule has 0 aliphatic heterocycles. The summed E-state index contributed by atoms with van der Waals surface area (Å²) < 4.78 is 31.8. The lowest BCUT2D eigenvalue weighted by atomic mass is 10.3. The molecule has 0 fully saturated rings. The van der Waals surface area contributed by atoms with Crippen LogP contribution in [0.2, 0.25) is 0 Å². The molecule has 2 aromatic rings. The second-order valence-electron chi connectivity index (χ2n) is 3.82. The molecule has 0 aliphatic rings. The smallest absolute Gasteiger partial charge is 0.256 e. The predicted molar refractivity (Wildman–Crippen MR) is 66.7 cm³/mol. The molecule has 0 amide bonds. The van der Waals surface area contributed by atoms with E-state index >= 15 is 0 Å². The van der Waals surface area contributed by atoms with Gasteiger partial charge in [0, 0.05) is 18.4 Å². The van der Waals surface area contributed by atoms with Gasteiger partial charge in [0.15, 0.2) is 0 Å². The van der Waals surface area contributed by atoms with Crippen LogP contribution in [-0.4, -0.2) is 29.0 Å². The molecule has 0 N–H and O–H groups in total. The molecular formula is C12H13ClF2N2O. The minimum Gasteiger partial charge on any atom is -0.497 e. The summed E-state index contributed by atoms with van der Waals surface area (Å²) in [5.41, 5.74) is 1.33. The first-order valence-electron chi connectivity index (χ1n) is 5.53.